The lowest BCUT2D eigenvalue weighted by molar-refractivity contribution is -0.116. The van der Waals surface area contributed by atoms with Crippen molar-refractivity contribution in [1.82, 2.24) is 4.98 Å². The van der Waals surface area contributed by atoms with Gasteiger partial charge in [-0.05, 0) is 54.8 Å². The van der Waals surface area contributed by atoms with Gasteiger partial charge in [0.05, 0.1) is 0 Å². The van der Waals surface area contributed by atoms with Crippen molar-refractivity contribution in [1.29, 1.82) is 0 Å². The molecule has 0 atom stereocenters. The molecule has 0 saturated carbocycles. The number of aryl methyl sites for hydroxylation is 1. The van der Waals surface area contributed by atoms with Gasteiger partial charge in [-0.1, -0.05) is 19.9 Å². The highest BCUT2D eigenvalue weighted by atomic mass is 16.3. The fourth-order valence-corrected chi connectivity index (χ4v) is 2.46. The number of amides is 1. The number of rotatable bonds is 5. The molecule has 1 amide bonds. The summed E-state index contributed by atoms with van der Waals surface area (Å²) < 4.78 is 5.81. The van der Waals surface area contributed by atoms with Crippen LogP contribution in [0.15, 0.2) is 46.9 Å². The van der Waals surface area contributed by atoms with Crippen LogP contribution in [0.1, 0.15) is 32.3 Å². The maximum Gasteiger partial charge on any atom is 0.227 e. The molecule has 1 N–H and O–H groups in total. The standard InChI is InChI=1S/C19H20N2O2/c1-3-5-18(22)20-15-9-7-14(8-10-15)19-21-16-12-13(4-2)6-11-17(16)23-19/h6-12H,3-5H2,1-2H3,(H,20,22). The summed E-state index contributed by atoms with van der Waals surface area (Å²) in [5.41, 5.74) is 4.59. The first-order valence-electron chi connectivity index (χ1n) is 7.99. The fraction of sp³-hybridized carbons (Fsp3) is 0.263. The Kier molecular flexibility index (Phi) is 4.42. The number of hydrogen-bond acceptors (Lipinski definition) is 3. The molecular formula is C19H20N2O2. The van der Waals surface area contributed by atoms with Gasteiger partial charge in [-0.15, -0.1) is 0 Å². The normalized spacial score (nSPS) is 10.9. The van der Waals surface area contributed by atoms with Gasteiger partial charge in [0.1, 0.15) is 5.52 Å². The van der Waals surface area contributed by atoms with Gasteiger partial charge >= 0.3 is 0 Å². The lowest BCUT2D eigenvalue weighted by Gasteiger charge is -2.04. The number of benzene rings is 2. The molecule has 0 bridgehead atoms. The van der Waals surface area contributed by atoms with Gasteiger partial charge in [0.15, 0.2) is 5.58 Å². The summed E-state index contributed by atoms with van der Waals surface area (Å²) in [7, 11) is 0. The largest absolute Gasteiger partial charge is 0.436 e. The van der Waals surface area contributed by atoms with Crippen LogP contribution in [-0.4, -0.2) is 10.9 Å². The summed E-state index contributed by atoms with van der Waals surface area (Å²) >= 11 is 0. The minimum atomic E-state index is 0.0363. The van der Waals surface area contributed by atoms with E-state index in [0.717, 1.165) is 35.2 Å². The molecule has 118 valence electrons. The van der Waals surface area contributed by atoms with E-state index in [0.29, 0.717) is 12.3 Å². The van der Waals surface area contributed by atoms with Crippen LogP contribution in [0.2, 0.25) is 0 Å². The smallest absolute Gasteiger partial charge is 0.227 e. The summed E-state index contributed by atoms with van der Waals surface area (Å²) in [6, 6.07) is 13.6. The molecule has 2 aromatic carbocycles. The first kappa shape index (κ1) is 15.3. The second-order valence-corrected chi connectivity index (χ2v) is 5.55. The molecule has 23 heavy (non-hydrogen) atoms. The van der Waals surface area contributed by atoms with E-state index in [1.165, 1.54) is 5.56 Å². The first-order chi connectivity index (χ1) is 11.2. The number of carbonyl (C=O) groups excluding carboxylic acids is 1. The maximum atomic E-state index is 11.6. The number of nitrogens with zero attached hydrogens (tertiary/aromatic N) is 1. The predicted molar refractivity (Wildman–Crippen MR) is 92.4 cm³/mol. The third-order valence-corrected chi connectivity index (χ3v) is 3.75. The average molecular weight is 308 g/mol. The van der Waals surface area contributed by atoms with E-state index < -0.39 is 0 Å². The Balaban J connectivity index is 1.82. The van der Waals surface area contributed by atoms with Gasteiger partial charge in [-0.3, -0.25) is 4.79 Å². The molecule has 4 heteroatoms. The second kappa shape index (κ2) is 6.65. The van der Waals surface area contributed by atoms with E-state index in [-0.39, 0.29) is 5.91 Å². The van der Waals surface area contributed by atoms with Gasteiger partial charge in [-0.25, -0.2) is 4.98 Å². The molecule has 0 aliphatic carbocycles. The van der Waals surface area contributed by atoms with E-state index in [4.69, 9.17) is 4.42 Å². The quantitative estimate of drug-likeness (QED) is 0.737. The summed E-state index contributed by atoms with van der Waals surface area (Å²) in [6.07, 6.45) is 2.35. The lowest BCUT2D eigenvalue weighted by atomic mass is 10.1. The highest BCUT2D eigenvalue weighted by molar-refractivity contribution is 5.90. The van der Waals surface area contributed by atoms with Crippen molar-refractivity contribution in [3.8, 4) is 11.5 Å². The summed E-state index contributed by atoms with van der Waals surface area (Å²) in [6.45, 7) is 4.10. The first-order valence-corrected chi connectivity index (χ1v) is 7.99. The Morgan fingerprint density at radius 2 is 1.91 bits per heavy atom. The SMILES string of the molecule is CCCC(=O)Nc1ccc(-c2nc3cc(CC)ccc3o2)cc1. The van der Waals surface area contributed by atoms with E-state index in [2.05, 4.69) is 29.4 Å². The molecule has 3 aromatic rings. The topological polar surface area (TPSA) is 55.1 Å². The molecule has 0 saturated heterocycles. The number of anilines is 1. The van der Waals surface area contributed by atoms with Crippen molar-refractivity contribution in [3.63, 3.8) is 0 Å². The Morgan fingerprint density at radius 3 is 2.61 bits per heavy atom. The molecule has 0 unspecified atom stereocenters. The minimum Gasteiger partial charge on any atom is -0.436 e. The molecule has 3 rings (SSSR count). The van der Waals surface area contributed by atoms with Crippen molar-refractivity contribution in [3.05, 3.63) is 48.0 Å². The summed E-state index contributed by atoms with van der Waals surface area (Å²) in [4.78, 5) is 16.2. The van der Waals surface area contributed by atoms with Crippen molar-refractivity contribution < 1.29 is 9.21 Å². The molecule has 0 fully saturated rings. The van der Waals surface area contributed by atoms with Crippen LogP contribution in [-0.2, 0) is 11.2 Å². The van der Waals surface area contributed by atoms with Crippen LogP contribution < -0.4 is 5.32 Å². The Labute approximate surface area is 135 Å². The van der Waals surface area contributed by atoms with Crippen molar-refractivity contribution >= 4 is 22.7 Å². The third kappa shape index (κ3) is 3.42. The maximum absolute atomic E-state index is 11.6. The number of nitrogens with one attached hydrogen (secondary N) is 1. The number of hydrogen-bond donors (Lipinski definition) is 1. The molecule has 4 nitrogen and oxygen atoms in total. The van der Waals surface area contributed by atoms with E-state index in [1.54, 1.807) is 0 Å². The minimum absolute atomic E-state index is 0.0363. The van der Waals surface area contributed by atoms with Crippen LogP contribution in [0.5, 0.6) is 0 Å². The highest BCUT2D eigenvalue weighted by Crippen LogP contribution is 2.26. The third-order valence-electron chi connectivity index (χ3n) is 3.75. The van der Waals surface area contributed by atoms with Crippen LogP contribution in [0.25, 0.3) is 22.6 Å². The van der Waals surface area contributed by atoms with Gasteiger partial charge < -0.3 is 9.73 Å². The van der Waals surface area contributed by atoms with Gasteiger partial charge in [0.25, 0.3) is 0 Å². The molecule has 1 aromatic heterocycles. The number of fused-ring (bicyclic) bond motifs is 1. The summed E-state index contributed by atoms with van der Waals surface area (Å²) in [5.74, 6) is 0.633. The van der Waals surface area contributed by atoms with E-state index in [1.807, 2.05) is 37.3 Å². The molecule has 0 radical (unpaired) electrons. The van der Waals surface area contributed by atoms with Crippen molar-refractivity contribution in [2.75, 3.05) is 5.32 Å². The van der Waals surface area contributed by atoms with Gasteiger partial charge in [0, 0.05) is 17.7 Å². The molecule has 0 aliphatic heterocycles. The number of aromatic nitrogens is 1. The zero-order chi connectivity index (χ0) is 16.2. The van der Waals surface area contributed by atoms with Crippen molar-refractivity contribution in [2.24, 2.45) is 0 Å². The average Bonchev–Trinajstić information content (AvgIpc) is 2.98. The van der Waals surface area contributed by atoms with Crippen LogP contribution in [0.4, 0.5) is 5.69 Å². The van der Waals surface area contributed by atoms with Crippen molar-refractivity contribution in [2.45, 2.75) is 33.1 Å². The van der Waals surface area contributed by atoms with Gasteiger partial charge in [0.2, 0.25) is 11.8 Å². The number of oxazole rings is 1. The zero-order valence-corrected chi connectivity index (χ0v) is 13.4. The summed E-state index contributed by atoms with van der Waals surface area (Å²) in [5, 5.41) is 2.87. The second-order valence-electron chi connectivity index (χ2n) is 5.55. The van der Waals surface area contributed by atoms with E-state index >= 15 is 0 Å². The highest BCUT2D eigenvalue weighted by Gasteiger charge is 2.09. The van der Waals surface area contributed by atoms with Gasteiger partial charge in [-0.2, -0.15) is 0 Å². The Morgan fingerprint density at radius 1 is 1.13 bits per heavy atom. The van der Waals surface area contributed by atoms with Crippen LogP contribution >= 0.6 is 0 Å². The lowest BCUT2D eigenvalue weighted by Crippen LogP contribution is -2.10. The van der Waals surface area contributed by atoms with Crippen LogP contribution in [0, 0.1) is 0 Å². The van der Waals surface area contributed by atoms with E-state index in [9.17, 15) is 4.79 Å². The monoisotopic (exact) mass is 308 g/mol. The zero-order valence-electron chi connectivity index (χ0n) is 13.4. The van der Waals surface area contributed by atoms with Crippen LogP contribution in [0.3, 0.4) is 0 Å². The molecule has 1 heterocycles. The number of carbonyl (C=O) groups is 1. The fourth-order valence-electron chi connectivity index (χ4n) is 2.46. The predicted octanol–water partition coefficient (Wildman–Crippen LogP) is 4.80. The Hall–Kier alpha value is -2.62. The molecule has 0 spiro atoms. The molecular weight excluding hydrogens is 288 g/mol. The molecule has 0 aliphatic rings. The Bertz CT molecular complexity index is 819.